The van der Waals surface area contributed by atoms with E-state index >= 15 is 0 Å². The Morgan fingerprint density at radius 1 is 1.35 bits per heavy atom. The first-order chi connectivity index (χ1) is 9.51. The molecule has 0 aromatic heterocycles. The van der Waals surface area contributed by atoms with Gasteiger partial charge < -0.3 is 14.7 Å². The third-order valence-electron chi connectivity index (χ3n) is 4.54. The summed E-state index contributed by atoms with van der Waals surface area (Å²) in [4.78, 5) is 26.7. The summed E-state index contributed by atoms with van der Waals surface area (Å²) in [5.74, 6) is -0.439. The van der Waals surface area contributed by atoms with Gasteiger partial charge in [0.15, 0.2) is 0 Å². The van der Waals surface area contributed by atoms with Gasteiger partial charge in [0.25, 0.3) is 0 Å². The zero-order valence-electron chi connectivity index (χ0n) is 12.2. The van der Waals surface area contributed by atoms with Crippen LogP contribution in [-0.4, -0.2) is 66.3 Å². The number of methoxy groups -OCH3 is 1. The Morgan fingerprint density at radius 3 is 2.55 bits per heavy atom. The van der Waals surface area contributed by atoms with Crippen LogP contribution < -0.4 is 0 Å². The topological polar surface area (TPSA) is 70.1 Å². The van der Waals surface area contributed by atoms with Crippen molar-refractivity contribution in [3.05, 3.63) is 0 Å². The predicted molar refractivity (Wildman–Crippen MR) is 73.1 cm³/mol. The second kappa shape index (κ2) is 6.54. The van der Waals surface area contributed by atoms with Gasteiger partial charge in [-0.25, -0.2) is 0 Å². The highest BCUT2D eigenvalue weighted by atomic mass is 16.5. The van der Waals surface area contributed by atoms with Gasteiger partial charge in [-0.05, 0) is 38.6 Å². The molecule has 0 bridgehead atoms. The molecule has 1 saturated carbocycles. The number of amides is 1. The van der Waals surface area contributed by atoms with Crippen molar-refractivity contribution in [3.63, 3.8) is 0 Å². The minimum atomic E-state index is -0.916. The second-order valence-corrected chi connectivity index (χ2v) is 5.95. The molecule has 6 heteroatoms. The van der Waals surface area contributed by atoms with E-state index < -0.39 is 12.0 Å². The van der Waals surface area contributed by atoms with Crippen LogP contribution in [0.15, 0.2) is 0 Å². The fraction of sp³-hybridized carbons (Fsp3) is 0.857. The minimum absolute atomic E-state index is 0.0376. The first kappa shape index (κ1) is 15.3. The van der Waals surface area contributed by atoms with Crippen molar-refractivity contribution in [1.82, 2.24) is 9.80 Å². The highest BCUT2D eigenvalue weighted by molar-refractivity contribution is 5.85. The van der Waals surface area contributed by atoms with Gasteiger partial charge in [-0.2, -0.15) is 0 Å². The molecular formula is C14H24N2O4. The third-order valence-corrected chi connectivity index (χ3v) is 4.54. The van der Waals surface area contributed by atoms with E-state index in [0.717, 1.165) is 32.2 Å². The summed E-state index contributed by atoms with van der Waals surface area (Å²) in [6.07, 6.45) is 4.71. The molecule has 1 saturated heterocycles. The number of likely N-dealkylation sites (N-methyl/N-ethyl adjacent to an activating group) is 1. The smallest absolute Gasteiger partial charge is 0.321 e. The standard InChI is InChI=1S/C14H24N2O4/c1-15-9-16(13(17)7-12(15)14(18)19)8-10-3-5-11(20-2)6-4-10/h10-12H,3-9H2,1-2H3,(H,18,19). The van der Waals surface area contributed by atoms with Crippen LogP contribution in [0, 0.1) is 5.92 Å². The molecule has 114 valence electrons. The van der Waals surface area contributed by atoms with E-state index in [-0.39, 0.29) is 12.3 Å². The lowest BCUT2D eigenvalue weighted by Crippen LogP contribution is -2.55. The average Bonchev–Trinajstić information content (AvgIpc) is 2.43. The zero-order valence-corrected chi connectivity index (χ0v) is 12.2. The van der Waals surface area contributed by atoms with Crippen LogP contribution in [0.2, 0.25) is 0 Å². The molecule has 2 fully saturated rings. The number of ether oxygens (including phenoxy) is 1. The Balaban J connectivity index is 1.85. The molecular weight excluding hydrogens is 260 g/mol. The third kappa shape index (κ3) is 3.49. The fourth-order valence-electron chi connectivity index (χ4n) is 3.19. The lowest BCUT2D eigenvalue weighted by atomic mass is 9.87. The maximum Gasteiger partial charge on any atom is 0.321 e. The zero-order chi connectivity index (χ0) is 14.7. The van der Waals surface area contributed by atoms with Gasteiger partial charge >= 0.3 is 5.97 Å². The van der Waals surface area contributed by atoms with E-state index in [1.54, 1.807) is 24.0 Å². The number of rotatable bonds is 4. The highest BCUT2D eigenvalue weighted by Gasteiger charge is 2.35. The number of aliphatic carboxylic acids is 1. The molecule has 0 aromatic carbocycles. The van der Waals surface area contributed by atoms with Gasteiger partial charge in [-0.15, -0.1) is 0 Å². The molecule has 0 radical (unpaired) electrons. The van der Waals surface area contributed by atoms with Crippen molar-refractivity contribution in [2.24, 2.45) is 5.92 Å². The molecule has 1 aliphatic carbocycles. The van der Waals surface area contributed by atoms with Crippen LogP contribution in [0.4, 0.5) is 0 Å². The predicted octanol–water partition coefficient (Wildman–Crippen LogP) is 0.766. The molecule has 0 spiro atoms. The molecule has 1 atom stereocenters. The minimum Gasteiger partial charge on any atom is -0.480 e. The first-order valence-electron chi connectivity index (χ1n) is 7.25. The molecule has 1 heterocycles. The maximum absolute atomic E-state index is 12.1. The highest BCUT2D eigenvalue weighted by Crippen LogP contribution is 2.27. The van der Waals surface area contributed by atoms with E-state index in [1.807, 2.05) is 0 Å². The number of carboxylic acids is 1. The molecule has 2 aliphatic rings. The summed E-state index contributed by atoms with van der Waals surface area (Å²) >= 11 is 0. The number of hydrogen-bond acceptors (Lipinski definition) is 4. The number of carbonyl (C=O) groups is 2. The number of carbonyl (C=O) groups excluding carboxylic acids is 1. The molecule has 1 unspecified atom stereocenters. The van der Waals surface area contributed by atoms with Crippen molar-refractivity contribution >= 4 is 11.9 Å². The van der Waals surface area contributed by atoms with Crippen LogP contribution in [0.1, 0.15) is 32.1 Å². The quantitative estimate of drug-likeness (QED) is 0.825. The van der Waals surface area contributed by atoms with Gasteiger partial charge in [0, 0.05) is 13.7 Å². The Labute approximate surface area is 119 Å². The van der Waals surface area contributed by atoms with E-state index in [4.69, 9.17) is 9.84 Å². The van der Waals surface area contributed by atoms with E-state index in [1.165, 1.54) is 0 Å². The molecule has 0 aromatic rings. The van der Waals surface area contributed by atoms with Crippen LogP contribution in [0.25, 0.3) is 0 Å². The summed E-state index contributed by atoms with van der Waals surface area (Å²) in [6, 6.07) is -0.678. The van der Waals surface area contributed by atoms with Crippen molar-refractivity contribution in [1.29, 1.82) is 0 Å². The monoisotopic (exact) mass is 284 g/mol. The van der Waals surface area contributed by atoms with Crippen LogP contribution in [0.3, 0.4) is 0 Å². The fourth-order valence-corrected chi connectivity index (χ4v) is 3.19. The molecule has 2 rings (SSSR count). The summed E-state index contributed by atoms with van der Waals surface area (Å²) in [5, 5.41) is 9.06. The number of nitrogens with zero attached hydrogens (tertiary/aromatic N) is 2. The van der Waals surface area contributed by atoms with Gasteiger partial charge in [0.2, 0.25) is 5.91 Å². The molecule has 1 aliphatic heterocycles. The largest absolute Gasteiger partial charge is 0.480 e. The van der Waals surface area contributed by atoms with Gasteiger partial charge in [0.1, 0.15) is 6.04 Å². The summed E-state index contributed by atoms with van der Waals surface area (Å²) in [5.41, 5.74) is 0. The van der Waals surface area contributed by atoms with Gasteiger partial charge in [-0.1, -0.05) is 0 Å². The molecule has 1 N–H and O–H groups in total. The van der Waals surface area contributed by atoms with Crippen molar-refractivity contribution in [2.75, 3.05) is 27.4 Å². The Hall–Kier alpha value is -1.14. The average molecular weight is 284 g/mol. The summed E-state index contributed by atoms with van der Waals surface area (Å²) in [7, 11) is 3.51. The SMILES string of the molecule is COC1CCC(CN2CN(C)C(C(=O)O)CC2=O)CC1. The number of carboxylic acid groups (broad SMARTS) is 1. The maximum atomic E-state index is 12.1. The molecule has 6 nitrogen and oxygen atoms in total. The lowest BCUT2D eigenvalue weighted by molar-refractivity contribution is -0.155. The van der Waals surface area contributed by atoms with E-state index in [9.17, 15) is 9.59 Å². The van der Waals surface area contributed by atoms with Gasteiger partial charge in [-0.3, -0.25) is 14.5 Å². The van der Waals surface area contributed by atoms with Gasteiger partial charge in [0.05, 0.1) is 19.2 Å². The van der Waals surface area contributed by atoms with Crippen molar-refractivity contribution < 1.29 is 19.4 Å². The van der Waals surface area contributed by atoms with E-state index in [2.05, 4.69) is 0 Å². The first-order valence-corrected chi connectivity index (χ1v) is 7.25. The second-order valence-electron chi connectivity index (χ2n) is 5.95. The van der Waals surface area contributed by atoms with Crippen LogP contribution in [-0.2, 0) is 14.3 Å². The number of hydrogen-bond donors (Lipinski definition) is 1. The normalized spacial score (nSPS) is 32.4. The van der Waals surface area contributed by atoms with Crippen LogP contribution >= 0.6 is 0 Å². The Morgan fingerprint density at radius 2 is 2.00 bits per heavy atom. The molecule has 20 heavy (non-hydrogen) atoms. The van der Waals surface area contributed by atoms with Crippen molar-refractivity contribution in [2.45, 2.75) is 44.2 Å². The van der Waals surface area contributed by atoms with E-state index in [0.29, 0.717) is 18.7 Å². The summed E-state index contributed by atoms with van der Waals surface area (Å²) < 4.78 is 5.35. The Bertz CT molecular complexity index is 366. The van der Waals surface area contributed by atoms with Crippen molar-refractivity contribution in [3.8, 4) is 0 Å². The lowest BCUT2D eigenvalue weighted by Gasteiger charge is -2.39. The molecule has 1 amide bonds. The summed E-state index contributed by atoms with van der Waals surface area (Å²) in [6.45, 7) is 1.16. The van der Waals surface area contributed by atoms with Crippen LogP contribution in [0.5, 0.6) is 0 Å². The Kier molecular flexibility index (Phi) is 4.99.